The largest absolute Gasteiger partial charge is 0.384 e. The summed E-state index contributed by atoms with van der Waals surface area (Å²) in [5.74, 6) is 0. The van der Waals surface area contributed by atoms with E-state index in [4.69, 9.17) is 0 Å². The number of nitrogens with one attached hydrogen (secondary N) is 1. The van der Waals surface area contributed by atoms with Gasteiger partial charge in [0.1, 0.15) is 5.60 Å². The molecule has 0 aromatic heterocycles. The van der Waals surface area contributed by atoms with E-state index in [0.29, 0.717) is 6.54 Å². The van der Waals surface area contributed by atoms with Crippen molar-refractivity contribution in [1.29, 1.82) is 0 Å². The predicted molar refractivity (Wildman–Crippen MR) is 75.7 cm³/mol. The summed E-state index contributed by atoms with van der Waals surface area (Å²) in [7, 11) is 0. The normalized spacial score (nSPS) is 13.9. The Labute approximate surface area is 108 Å². The Morgan fingerprint density at radius 3 is 2.28 bits per heavy atom. The van der Waals surface area contributed by atoms with E-state index in [2.05, 4.69) is 5.32 Å². The van der Waals surface area contributed by atoms with Gasteiger partial charge >= 0.3 is 0 Å². The number of aliphatic hydroxyl groups is 1. The van der Waals surface area contributed by atoms with Crippen LogP contribution in [0.3, 0.4) is 0 Å². The van der Waals surface area contributed by atoms with E-state index in [1.54, 1.807) is 0 Å². The number of para-hydroxylation sites is 1. The summed E-state index contributed by atoms with van der Waals surface area (Å²) in [6, 6.07) is 17.9. The van der Waals surface area contributed by atoms with Gasteiger partial charge in [-0.15, -0.1) is 0 Å². The summed E-state index contributed by atoms with van der Waals surface area (Å²) in [5.41, 5.74) is 2.22. The molecule has 2 N–H and O–H groups in total. The molecule has 2 heteroatoms. The molecule has 0 amide bonds. The van der Waals surface area contributed by atoms with Crippen LogP contribution in [0.2, 0.25) is 0 Å². The van der Waals surface area contributed by atoms with Gasteiger partial charge in [-0.25, -0.2) is 0 Å². The highest BCUT2D eigenvalue weighted by Gasteiger charge is 2.24. The van der Waals surface area contributed by atoms with Crippen LogP contribution in [0.25, 0.3) is 0 Å². The zero-order chi connectivity index (χ0) is 13.0. The fourth-order valence-electron chi connectivity index (χ4n) is 2.10. The lowest BCUT2D eigenvalue weighted by Crippen LogP contribution is -2.31. The molecule has 0 saturated carbocycles. The Morgan fingerprint density at radius 2 is 1.61 bits per heavy atom. The summed E-state index contributed by atoms with van der Waals surface area (Å²) >= 11 is 0. The van der Waals surface area contributed by atoms with Crippen LogP contribution in [0.15, 0.2) is 54.6 Å². The first-order valence-corrected chi connectivity index (χ1v) is 6.17. The highest BCUT2D eigenvalue weighted by Crippen LogP contribution is 2.24. The number of rotatable bonds is 4. The topological polar surface area (TPSA) is 32.3 Å². The molecule has 0 aliphatic heterocycles. The number of aryl methyl sites for hydroxylation is 1. The molecule has 2 rings (SSSR count). The molecule has 0 radical (unpaired) electrons. The average Bonchev–Trinajstić information content (AvgIpc) is 2.38. The van der Waals surface area contributed by atoms with Gasteiger partial charge in [0.15, 0.2) is 0 Å². The molecule has 1 unspecified atom stereocenters. The Bertz CT molecular complexity index is 506. The predicted octanol–water partition coefficient (Wildman–Crippen LogP) is 3.31. The van der Waals surface area contributed by atoms with E-state index in [9.17, 15) is 5.11 Å². The second kappa shape index (κ2) is 5.23. The standard InChI is InChI=1S/C16H19NO/c1-13-8-6-7-11-15(13)16(2,18)12-17-14-9-4-3-5-10-14/h3-11,17-18H,12H2,1-2H3. The van der Waals surface area contributed by atoms with Crippen LogP contribution >= 0.6 is 0 Å². The van der Waals surface area contributed by atoms with Crippen LogP contribution < -0.4 is 5.32 Å². The number of hydrogen-bond donors (Lipinski definition) is 2. The fourth-order valence-corrected chi connectivity index (χ4v) is 2.10. The Hall–Kier alpha value is -1.80. The fraction of sp³-hybridized carbons (Fsp3) is 0.250. The SMILES string of the molecule is Cc1ccccc1C(C)(O)CNc1ccccc1. The lowest BCUT2D eigenvalue weighted by Gasteiger charge is -2.26. The maximum absolute atomic E-state index is 10.6. The van der Waals surface area contributed by atoms with Gasteiger partial charge < -0.3 is 10.4 Å². The molecular weight excluding hydrogens is 222 g/mol. The van der Waals surface area contributed by atoms with Crippen molar-refractivity contribution in [3.63, 3.8) is 0 Å². The van der Waals surface area contributed by atoms with Crippen LogP contribution in [-0.2, 0) is 5.60 Å². The number of benzene rings is 2. The quantitative estimate of drug-likeness (QED) is 0.860. The molecule has 0 saturated heterocycles. The average molecular weight is 241 g/mol. The first-order chi connectivity index (χ1) is 8.59. The Balaban J connectivity index is 2.11. The highest BCUT2D eigenvalue weighted by molar-refractivity contribution is 5.43. The molecule has 18 heavy (non-hydrogen) atoms. The van der Waals surface area contributed by atoms with Crippen LogP contribution in [-0.4, -0.2) is 11.7 Å². The van der Waals surface area contributed by atoms with E-state index < -0.39 is 5.60 Å². The van der Waals surface area contributed by atoms with Crippen LogP contribution in [0, 0.1) is 6.92 Å². The molecule has 2 aromatic carbocycles. The number of anilines is 1. The zero-order valence-corrected chi connectivity index (χ0v) is 10.9. The minimum Gasteiger partial charge on any atom is -0.384 e. The molecule has 94 valence electrons. The van der Waals surface area contributed by atoms with Crippen molar-refractivity contribution in [3.8, 4) is 0 Å². The van der Waals surface area contributed by atoms with Crippen molar-refractivity contribution in [3.05, 3.63) is 65.7 Å². The third kappa shape index (κ3) is 2.90. The molecule has 2 nitrogen and oxygen atoms in total. The Morgan fingerprint density at radius 1 is 1.00 bits per heavy atom. The molecule has 0 spiro atoms. The molecule has 0 aliphatic rings. The zero-order valence-electron chi connectivity index (χ0n) is 10.9. The van der Waals surface area contributed by atoms with Gasteiger partial charge in [0.05, 0.1) is 0 Å². The smallest absolute Gasteiger partial charge is 0.104 e. The van der Waals surface area contributed by atoms with E-state index in [1.807, 2.05) is 68.4 Å². The van der Waals surface area contributed by atoms with E-state index in [1.165, 1.54) is 0 Å². The molecule has 2 aromatic rings. The number of hydrogen-bond acceptors (Lipinski definition) is 2. The minimum atomic E-state index is -0.874. The van der Waals surface area contributed by atoms with Crippen LogP contribution in [0.4, 0.5) is 5.69 Å². The molecule has 1 atom stereocenters. The van der Waals surface area contributed by atoms with Gasteiger partial charge in [0.2, 0.25) is 0 Å². The van der Waals surface area contributed by atoms with Crippen molar-refractivity contribution < 1.29 is 5.11 Å². The summed E-state index contributed by atoms with van der Waals surface area (Å²) in [4.78, 5) is 0. The van der Waals surface area contributed by atoms with Crippen molar-refractivity contribution in [2.75, 3.05) is 11.9 Å². The van der Waals surface area contributed by atoms with Crippen molar-refractivity contribution in [2.45, 2.75) is 19.4 Å². The lowest BCUT2D eigenvalue weighted by molar-refractivity contribution is 0.0709. The lowest BCUT2D eigenvalue weighted by atomic mass is 9.92. The first-order valence-electron chi connectivity index (χ1n) is 6.17. The molecule has 0 bridgehead atoms. The molecule has 0 fully saturated rings. The van der Waals surface area contributed by atoms with Crippen LogP contribution in [0.5, 0.6) is 0 Å². The highest BCUT2D eigenvalue weighted by atomic mass is 16.3. The summed E-state index contributed by atoms with van der Waals surface area (Å²) in [5, 5.41) is 13.8. The van der Waals surface area contributed by atoms with E-state index in [0.717, 1.165) is 16.8 Å². The summed E-state index contributed by atoms with van der Waals surface area (Å²) < 4.78 is 0. The molecule has 0 aliphatic carbocycles. The third-order valence-electron chi connectivity index (χ3n) is 3.14. The van der Waals surface area contributed by atoms with Gasteiger partial charge in [0, 0.05) is 12.2 Å². The van der Waals surface area contributed by atoms with Gasteiger partial charge in [-0.1, -0.05) is 42.5 Å². The molecular formula is C16H19NO. The second-order valence-electron chi connectivity index (χ2n) is 4.81. The van der Waals surface area contributed by atoms with Crippen molar-refractivity contribution in [2.24, 2.45) is 0 Å². The van der Waals surface area contributed by atoms with Crippen LogP contribution in [0.1, 0.15) is 18.1 Å². The summed E-state index contributed by atoms with van der Waals surface area (Å²) in [6.07, 6.45) is 0. The van der Waals surface area contributed by atoms with E-state index in [-0.39, 0.29) is 0 Å². The second-order valence-corrected chi connectivity index (χ2v) is 4.81. The molecule has 0 heterocycles. The minimum absolute atomic E-state index is 0.488. The van der Waals surface area contributed by atoms with Gasteiger partial charge in [0.25, 0.3) is 0 Å². The van der Waals surface area contributed by atoms with Crippen molar-refractivity contribution >= 4 is 5.69 Å². The summed E-state index contributed by atoms with van der Waals surface area (Å²) in [6.45, 7) is 4.35. The van der Waals surface area contributed by atoms with Gasteiger partial charge in [-0.05, 0) is 37.1 Å². The third-order valence-corrected chi connectivity index (χ3v) is 3.14. The first kappa shape index (κ1) is 12.7. The van der Waals surface area contributed by atoms with Gasteiger partial charge in [-0.2, -0.15) is 0 Å². The van der Waals surface area contributed by atoms with Gasteiger partial charge in [-0.3, -0.25) is 0 Å². The Kier molecular flexibility index (Phi) is 3.68. The monoisotopic (exact) mass is 241 g/mol. The maximum Gasteiger partial charge on any atom is 0.104 e. The van der Waals surface area contributed by atoms with Crippen molar-refractivity contribution in [1.82, 2.24) is 0 Å². The van der Waals surface area contributed by atoms with E-state index >= 15 is 0 Å². The maximum atomic E-state index is 10.6.